The average molecular weight is 420 g/mol. The predicted molar refractivity (Wildman–Crippen MR) is 111 cm³/mol. The fourth-order valence-corrected chi connectivity index (χ4v) is 3.17. The van der Waals surface area contributed by atoms with Crippen molar-refractivity contribution in [2.75, 3.05) is 26.4 Å². The molecule has 0 saturated heterocycles. The van der Waals surface area contributed by atoms with E-state index in [1.807, 2.05) is 6.92 Å². The van der Waals surface area contributed by atoms with Crippen LogP contribution in [0.5, 0.6) is 0 Å². The second kappa shape index (κ2) is 9.52. The molecule has 1 aliphatic carbocycles. The summed E-state index contributed by atoms with van der Waals surface area (Å²) < 4.78 is 6.79. The van der Waals surface area contributed by atoms with Crippen molar-refractivity contribution >= 4 is 17.5 Å². The molecule has 8 heteroatoms. The van der Waals surface area contributed by atoms with Gasteiger partial charge in [0.25, 0.3) is 5.56 Å². The molecule has 2 N–H and O–H groups in total. The van der Waals surface area contributed by atoms with Crippen molar-refractivity contribution in [3.63, 3.8) is 0 Å². The third-order valence-corrected chi connectivity index (χ3v) is 5.41. The summed E-state index contributed by atoms with van der Waals surface area (Å²) in [7, 11) is 0. The molecule has 2 aromatic rings. The van der Waals surface area contributed by atoms with Crippen LogP contribution in [0.3, 0.4) is 0 Å². The lowest BCUT2D eigenvalue weighted by Gasteiger charge is -2.16. The van der Waals surface area contributed by atoms with E-state index < -0.39 is 0 Å². The number of amides is 1. The van der Waals surface area contributed by atoms with E-state index in [9.17, 15) is 14.7 Å². The van der Waals surface area contributed by atoms with Crippen LogP contribution in [0.2, 0.25) is 5.02 Å². The Morgan fingerprint density at radius 3 is 2.69 bits per heavy atom. The van der Waals surface area contributed by atoms with Gasteiger partial charge in [0.2, 0.25) is 5.91 Å². The molecule has 1 amide bonds. The summed E-state index contributed by atoms with van der Waals surface area (Å²) in [6.07, 6.45) is 2.22. The number of carbonyl (C=O) groups excluding carboxylic acids is 1. The fourth-order valence-electron chi connectivity index (χ4n) is 3.04. The van der Waals surface area contributed by atoms with Crippen molar-refractivity contribution in [2.24, 2.45) is 5.41 Å². The second-order valence-electron chi connectivity index (χ2n) is 7.37. The van der Waals surface area contributed by atoms with Gasteiger partial charge in [0.05, 0.1) is 18.9 Å². The van der Waals surface area contributed by atoms with Gasteiger partial charge in [-0.15, -0.1) is 0 Å². The van der Waals surface area contributed by atoms with Crippen molar-refractivity contribution in [3.05, 3.63) is 51.5 Å². The number of nitrogens with zero attached hydrogens (tertiary/aromatic N) is 2. The van der Waals surface area contributed by atoms with E-state index in [0.29, 0.717) is 42.7 Å². The molecule has 1 heterocycles. The lowest BCUT2D eigenvalue weighted by atomic mass is 10.1. The number of aromatic nitrogens is 2. The molecule has 0 unspecified atom stereocenters. The largest absolute Gasteiger partial charge is 0.396 e. The zero-order valence-electron chi connectivity index (χ0n) is 16.5. The summed E-state index contributed by atoms with van der Waals surface area (Å²) in [5.41, 5.74) is 0.830. The van der Waals surface area contributed by atoms with Crippen LogP contribution < -0.4 is 10.9 Å². The van der Waals surface area contributed by atoms with Gasteiger partial charge in [-0.3, -0.25) is 14.2 Å². The SMILES string of the molecule is CCOCCc1nc(-c2ccc(Cl)cc2)cc(=O)n1CC(=O)NCC1(CO)CC1. The van der Waals surface area contributed by atoms with Gasteiger partial charge in [-0.25, -0.2) is 4.98 Å². The summed E-state index contributed by atoms with van der Waals surface area (Å²) in [6.45, 7) is 3.22. The fraction of sp³-hybridized carbons (Fsp3) is 0.476. The number of hydrogen-bond donors (Lipinski definition) is 2. The van der Waals surface area contributed by atoms with E-state index in [4.69, 9.17) is 16.3 Å². The highest BCUT2D eigenvalue weighted by atomic mass is 35.5. The number of carbonyl (C=O) groups is 1. The summed E-state index contributed by atoms with van der Waals surface area (Å²) in [5, 5.41) is 12.8. The molecule has 1 fully saturated rings. The number of aliphatic hydroxyl groups excluding tert-OH is 1. The Labute approximate surface area is 174 Å². The minimum atomic E-state index is -0.296. The van der Waals surface area contributed by atoms with Gasteiger partial charge in [-0.2, -0.15) is 0 Å². The molecule has 1 aromatic heterocycles. The minimum absolute atomic E-state index is 0.0597. The molecule has 0 atom stereocenters. The first-order valence-electron chi connectivity index (χ1n) is 9.78. The van der Waals surface area contributed by atoms with E-state index in [-0.39, 0.29) is 30.0 Å². The monoisotopic (exact) mass is 419 g/mol. The highest BCUT2D eigenvalue weighted by Crippen LogP contribution is 2.44. The van der Waals surface area contributed by atoms with Gasteiger partial charge >= 0.3 is 0 Å². The maximum absolute atomic E-state index is 12.8. The molecule has 156 valence electrons. The highest BCUT2D eigenvalue weighted by molar-refractivity contribution is 6.30. The highest BCUT2D eigenvalue weighted by Gasteiger charge is 2.42. The number of benzene rings is 1. The predicted octanol–water partition coefficient (Wildman–Crippen LogP) is 2.03. The Kier molecular flexibility index (Phi) is 7.05. The summed E-state index contributed by atoms with van der Waals surface area (Å²) in [6, 6.07) is 8.52. The van der Waals surface area contributed by atoms with Gasteiger partial charge in [0, 0.05) is 41.6 Å². The molecule has 7 nitrogen and oxygen atoms in total. The maximum Gasteiger partial charge on any atom is 0.254 e. The number of aliphatic hydroxyl groups is 1. The average Bonchev–Trinajstić information content (AvgIpc) is 3.50. The molecule has 1 aliphatic rings. The minimum Gasteiger partial charge on any atom is -0.396 e. The molecule has 1 aromatic carbocycles. The van der Waals surface area contributed by atoms with Crippen LogP contribution >= 0.6 is 11.6 Å². The summed E-state index contributed by atoms with van der Waals surface area (Å²) >= 11 is 5.94. The van der Waals surface area contributed by atoms with Crippen LogP contribution in [0.4, 0.5) is 0 Å². The van der Waals surface area contributed by atoms with E-state index in [1.54, 1.807) is 24.3 Å². The van der Waals surface area contributed by atoms with Crippen molar-refractivity contribution < 1.29 is 14.6 Å². The van der Waals surface area contributed by atoms with Crippen molar-refractivity contribution in [1.82, 2.24) is 14.9 Å². The Hall–Kier alpha value is -2.22. The summed E-state index contributed by atoms with van der Waals surface area (Å²) in [4.78, 5) is 29.8. The Morgan fingerprint density at radius 2 is 2.07 bits per heavy atom. The van der Waals surface area contributed by atoms with Crippen molar-refractivity contribution in [2.45, 2.75) is 32.7 Å². The van der Waals surface area contributed by atoms with Crippen LogP contribution in [0.25, 0.3) is 11.3 Å². The Balaban J connectivity index is 1.81. The molecular formula is C21H26ClN3O4. The van der Waals surface area contributed by atoms with Crippen LogP contribution in [-0.2, 0) is 22.5 Å². The Bertz CT molecular complexity index is 907. The maximum atomic E-state index is 12.8. The van der Waals surface area contributed by atoms with Gasteiger partial charge < -0.3 is 15.2 Å². The van der Waals surface area contributed by atoms with Gasteiger partial charge in [-0.05, 0) is 31.9 Å². The smallest absolute Gasteiger partial charge is 0.254 e. The number of hydrogen-bond acceptors (Lipinski definition) is 5. The summed E-state index contributed by atoms with van der Waals surface area (Å²) in [5.74, 6) is 0.222. The molecule has 0 spiro atoms. The number of nitrogens with one attached hydrogen (secondary N) is 1. The van der Waals surface area contributed by atoms with Crippen molar-refractivity contribution in [1.29, 1.82) is 0 Å². The van der Waals surface area contributed by atoms with Gasteiger partial charge in [0.15, 0.2) is 0 Å². The first kappa shape index (κ1) is 21.5. The van der Waals surface area contributed by atoms with Crippen molar-refractivity contribution in [3.8, 4) is 11.3 Å². The standard InChI is InChI=1S/C21H26ClN3O4/c1-2-29-10-7-18-24-17(15-3-5-16(22)6-4-15)11-20(28)25(18)12-19(27)23-13-21(14-26)8-9-21/h3-6,11,26H,2,7-10,12-14H2,1H3,(H,23,27). The van der Waals surface area contributed by atoms with E-state index >= 15 is 0 Å². The van der Waals surface area contributed by atoms with Gasteiger partial charge in [-0.1, -0.05) is 23.7 Å². The first-order chi connectivity index (χ1) is 14.0. The third kappa shape index (κ3) is 5.65. The van der Waals surface area contributed by atoms with Crippen LogP contribution in [0, 0.1) is 5.41 Å². The Morgan fingerprint density at radius 1 is 1.34 bits per heavy atom. The normalized spacial score (nSPS) is 14.6. The molecular weight excluding hydrogens is 394 g/mol. The van der Waals surface area contributed by atoms with Crippen LogP contribution in [0.15, 0.2) is 35.1 Å². The molecule has 0 bridgehead atoms. The topological polar surface area (TPSA) is 93.5 Å². The van der Waals surface area contributed by atoms with E-state index in [1.165, 1.54) is 10.6 Å². The second-order valence-corrected chi connectivity index (χ2v) is 7.81. The number of halogens is 1. The molecule has 29 heavy (non-hydrogen) atoms. The van der Waals surface area contributed by atoms with E-state index in [0.717, 1.165) is 18.4 Å². The van der Waals surface area contributed by atoms with Crippen LogP contribution in [-0.4, -0.2) is 46.9 Å². The first-order valence-corrected chi connectivity index (χ1v) is 10.2. The zero-order valence-corrected chi connectivity index (χ0v) is 17.2. The number of ether oxygens (including phenoxy) is 1. The molecule has 3 rings (SSSR count). The lowest BCUT2D eigenvalue weighted by molar-refractivity contribution is -0.122. The van der Waals surface area contributed by atoms with Gasteiger partial charge in [0.1, 0.15) is 12.4 Å². The van der Waals surface area contributed by atoms with E-state index in [2.05, 4.69) is 10.3 Å². The molecule has 0 radical (unpaired) electrons. The van der Waals surface area contributed by atoms with Crippen LogP contribution in [0.1, 0.15) is 25.6 Å². The molecule has 1 saturated carbocycles. The third-order valence-electron chi connectivity index (χ3n) is 5.16. The number of rotatable bonds is 10. The lowest BCUT2D eigenvalue weighted by Crippen LogP contribution is -2.38. The quantitative estimate of drug-likeness (QED) is 0.575. The zero-order chi connectivity index (χ0) is 20.9. The molecule has 0 aliphatic heterocycles.